The van der Waals surface area contributed by atoms with Gasteiger partial charge in [-0.3, -0.25) is 0 Å². The van der Waals surface area contributed by atoms with E-state index in [1.807, 2.05) is 18.3 Å². The standard InChI is InChI=1S/C15H20N4O2/c1-18(13-5-9-19-14(17-13)4-8-16-19)12-2-6-15(7-3-12)20-10-11-21-15/h4-5,8-9,12H,2-3,6-7,10-11H2,1H3. The molecular formula is C15H20N4O2. The zero-order valence-corrected chi connectivity index (χ0v) is 12.2. The van der Waals surface area contributed by atoms with Crippen molar-refractivity contribution in [3.63, 3.8) is 0 Å². The lowest BCUT2D eigenvalue weighted by atomic mass is 9.89. The van der Waals surface area contributed by atoms with Crippen LogP contribution < -0.4 is 4.90 Å². The van der Waals surface area contributed by atoms with E-state index in [1.165, 1.54) is 0 Å². The normalized spacial score (nSPS) is 22.1. The van der Waals surface area contributed by atoms with Crippen LogP contribution in [0.2, 0.25) is 0 Å². The Bertz CT molecular complexity index is 625. The lowest BCUT2D eigenvalue weighted by molar-refractivity contribution is -0.178. The number of aromatic nitrogens is 3. The molecule has 6 heteroatoms. The number of nitrogens with zero attached hydrogens (tertiary/aromatic N) is 4. The maximum absolute atomic E-state index is 5.79. The highest BCUT2D eigenvalue weighted by Crippen LogP contribution is 2.37. The van der Waals surface area contributed by atoms with Crippen LogP contribution in [0.4, 0.5) is 5.82 Å². The first-order chi connectivity index (χ1) is 10.3. The minimum Gasteiger partial charge on any atom is -0.357 e. The van der Waals surface area contributed by atoms with Crippen molar-refractivity contribution in [2.45, 2.75) is 37.5 Å². The summed E-state index contributed by atoms with van der Waals surface area (Å²) in [5.41, 5.74) is 0.883. The molecule has 21 heavy (non-hydrogen) atoms. The van der Waals surface area contributed by atoms with E-state index in [-0.39, 0.29) is 5.79 Å². The molecule has 2 aromatic rings. The third-order valence-electron chi connectivity index (χ3n) is 4.68. The summed E-state index contributed by atoms with van der Waals surface area (Å²) in [7, 11) is 2.12. The van der Waals surface area contributed by atoms with E-state index in [9.17, 15) is 0 Å². The van der Waals surface area contributed by atoms with Crippen molar-refractivity contribution in [2.75, 3.05) is 25.2 Å². The van der Waals surface area contributed by atoms with Gasteiger partial charge in [0.15, 0.2) is 11.4 Å². The molecule has 2 aliphatic rings. The molecule has 112 valence electrons. The lowest BCUT2D eigenvalue weighted by Crippen LogP contribution is -2.43. The van der Waals surface area contributed by atoms with Crippen LogP contribution in [0, 0.1) is 0 Å². The Morgan fingerprint density at radius 1 is 1.24 bits per heavy atom. The fourth-order valence-electron chi connectivity index (χ4n) is 3.40. The maximum Gasteiger partial charge on any atom is 0.168 e. The molecule has 3 heterocycles. The SMILES string of the molecule is CN(c1ccn2nccc2n1)C1CCC2(CC1)OCCO2. The van der Waals surface area contributed by atoms with Crippen molar-refractivity contribution in [3.05, 3.63) is 24.5 Å². The Hall–Kier alpha value is -1.66. The second kappa shape index (κ2) is 4.96. The molecule has 6 nitrogen and oxygen atoms in total. The first-order valence-corrected chi connectivity index (χ1v) is 7.57. The molecule has 2 aromatic heterocycles. The van der Waals surface area contributed by atoms with Crippen LogP contribution in [0.1, 0.15) is 25.7 Å². The number of hydrogen-bond donors (Lipinski definition) is 0. The van der Waals surface area contributed by atoms with Crippen LogP contribution in [0.25, 0.3) is 5.65 Å². The lowest BCUT2D eigenvalue weighted by Gasteiger charge is -2.39. The van der Waals surface area contributed by atoms with Gasteiger partial charge in [0.25, 0.3) is 0 Å². The van der Waals surface area contributed by atoms with Crippen molar-refractivity contribution in [1.29, 1.82) is 0 Å². The highest BCUT2D eigenvalue weighted by atomic mass is 16.7. The molecule has 1 aliphatic heterocycles. The van der Waals surface area contributed by atoms with Gasteiger partial charge in [-0.1, -0.05) is 0 Å². The molecule has 0 bridgehead atoms. The second-order valence-electron chi connectivity index (χ2n) is 5.87. The minimum absolute atomic E-state index is 0.291. The van der Waals surface area contributed by atoms with Gasteiger partial charge >= 0.3 is 0 Å². The maximum atomic E-state index is 5.79. The monoisotopic (exact) mass is 288 g/mol. The van der Waals surface area contributed by atoms with E-state index in [2.05, 4.69) is 22.0 Å². The first-order valence-electron chi connectivity index (χ1n) is 7.57. The van der Waals surface area contributed by atoms with Crippen LogP contribution in [-0.4, -0.2) is 46.7 Å². The van der Waals surface area contributed by atoms with E-state index < -0.39 is 0 Å². The summed E-state index contributed by atoms with van der Waals surface area (Å²) in [5.74, 6) is 0.706. The molecule has 0 N–H and O–H groups in total. The highest BCUT2D eigenvalue weighted by Gasteiger charge is 2.41. The first kappa shape index (κ1) is 13.0. The summed E-state index contributed by atoms with van der Waals surface area (Å²) < 4.78 is 13.4. The topological polar surface area (TPSA) is 51.9 Å². The predicted octanol–water partition coefficient (Wildman–Crippen LogP) is 1.85. The van der Waals surface area contributed by atoms with Crippen molar-refractivity contribution in [3.8, 4) is 0 Å². The molecule has 0 amide bonds. The van der Waals surface area contributed by atoms with Gasteiger partial charge in [0.2, 0.25) is 0 Å². The van der Waals surface area contributed by atoms with E-state index in [0.717, 1.165) is 50.4 Å². The minimum atomic E-state index is -0.291. The average molecular weight is 288 g/mol. The predicted molar refractivity (Wildman–Crippen MR) is 78.3 cm³/mol. The van der Waals surface area contributed by atoms with Crippen molar-refractivity contribution >= 4 is 11.5 Å². The highest BCUT2D eigenvalue weighted by molar-refractivity contribution is 5.47. The molecule has 1 saturated heterocycles. The molecule has 0 aromatic carbocycles. The van der Waals surface area contributed by atoms with E-state index >= 15 is 0 Å². The Labute approximate surface area is 123 Å². The average Bonchev–Trinajstić information content (AvgIpc) is 3.16. The fraction of sp³-hybridized carbons (Fsp3) is 0.600. The zero-order chi connectivity index (χ0) is 14.3. The van der Waals surface area contributed by atoms with Crippen LogP contribution >= 0.6 is 0 Å². The summed E-state index contributed by atoms with van der Waals surface area (Å²) >= 11 is 0. The number of hydrogen-bond acceptors (Lipinski definition) is 5. The molecule has 1 aliphatic carbocycles. The summed E-state index contributed by atoms with van der Waals surface area (Å²) in [6, 6.07) is 4.43. The second-order valence-corrected chi connectivity index (χ2v) is 5.87. The number of anilines is 1. The molecule has 4 rings (SSSR count). The smallest absolute Gasteiger partial charge is 0.168 e. The number of fused-ring (bicyclic) bond motifs is 1. The number of ether oxygens (including phenoxy) is 2. The van der Waals surface area contributed by atoms with E-state index in [4.69, 9.17) is 9.47 Å². The molecule has 0 atom stereocenters. The Kier molecular flexibility index (Phi) is 3.08. The molecule has 1 spiro atoms. The van der Waals surface area contributed by atoms with Gasteiger partial charge in [0.05, 0.1) is 19.4 Å². The summed E-state index contributed by atoms with van der Waals surface area (Å²) in [6.07, 6.45) is 7.81. The van der Waals surface area contributed by atoms with E-state index in [0.29, 0.717) is 6.04 Å². The third-order valence-corrected chi connectivity index (χ3v) is 4.68. The Morgan fingerprint density at radius 3 is 2.76 bits per heavy atom. The molecule has 2 fully saturated rings. The van der Waals surface area contributed by atoms with Crippen LogP contribution in [-0.2, 0) is 9.47 Å². The van der Waals surface area contributed by atoms with Crippen LogP contribution in [0.15, 0.2) is 24.5 Å². The zero-order valence-electron chi connectivity index (χ0n) is 12.2. The Morgan fingerprint density at radius 2 is 2.00 bits per heavy atom. The van der Waals surface area contributed by atoms with Crippen LogP contribution in [0.3, 0.4) is 0 Å². The van der Waals surface area contributed by atoms with Gasteiger partial charge in [0.1, 0.15) is 5.82 Å². The fourth-order valence-corrected chi connectivity index (χ4v) is 3.40. The van der Waals surface area contributed by atoms with E-state index in [1.54, 1.807) is 10.7 Å². The van der Waals surface area contributed by atoms with Gasteiger partial charge in [0, 0.05) is 38.2 Å². The Balaban J connectivity index is 1.48. The van der Waals surface area contributed by atoms with Gasteiger partial charge in [-0.2, -0.15) is 5.10 Å². The number of rotatable bonds is 2. The van der Waals surface area contributed by atoms with Crippen LogP contribution in [0.5, 0.6) is 0 Å². The molecule has 0 unspecified atom stereocenters. The summed E-state index contributed by atoms with van der Waals surface area (Å²) in [4.78, 5) is 6.94. The third kappa shape index (κ3) is 2.28. The van der Waals surface area contributed by atoms with Gasteiger partial charge < -0.3 is 14.4 Å². The van der Waals surface area contributed by atoms with Gasteiger partial charge in [-0.05, 0) is 18.9 Å². The van der Waals surface area contributed by atoms with Crippen molar-refractivity contribution < 1.29 is 9.47 Å². The quantitative estimate of drug-likeness (QED) is 0.844. The van der Waals surface area contributed by atoms with Gasteiger partial charge in [-0.15, -0.1) is 0 Å². The summed E-state index contributed by atoms with van der Waals surface area (Å²) in [5, 5.41) is 4.18. The largest absolute Gasteiger partial charge is 0.357 e. The molecular weight excluding hydrogens is 268 g/mol. The van der Waals surface area contributed by atoms with Crippen molar-refractivity contribution in [2.24, 2.45) is 0 Å². The van der Waals surface area contributed by atoms with Crippen molar-refractivity contribution in [1.82, 2.24) is 14.6 Å². The molecule has 1 saturated carbocycles. The van der Waals surface area contributed by atoms with Gasteiger partial charge in [-0.25, -0.2) is 9.50 Å². The summed E-state index contributed by atoms with van der Waals surface area (Å²) in [6.45, 7) is 1.47. The molecule has 0 radical (unpaired) electrons.